The van der Waals surface area contributed by atoms with Crippen molar-refractivity contribution in [3.05, 3.63) is 62.9 Å². The SMILES string of the molecule is COC(=O)c1oc(COc2ccc3c4c(c(=O)oc3c2)CCCC4)cc1C. The predicted molar refractivity (Wildman–Crippen MR) is 98.2 cm³/mol. The third kappa shape index (κ3) is 3.23. The van der Waals surface area contributed by atoms with Gasteiger partial charge in [0, 0.05) is 22.6 Å². The van der Waals surface area contributed by atoms with Gasteiger partial charge in [-0.2, -0.15) is 0 Å². The molecule has 0 radical (unpaired) electrons. The fourth-order valence-corrected chi connectivity index (χ4v) is 3.58. The number of ether oxygens (including phenoxy) is 2. The Labute approximate surface area is 155 Å². The van der Waals surface area contributed by atoms with Crippen LogP contribution in [0.3, 0.4) is 0 Å². The fraction of sp³-hybridized carbons (Fsp3) is 0.333. The molecule has 2 aromatic heterocycles. The molecule has 140 valence electrons. The van der Waals surface area contributed by atoms with Crippen LogP contribution in [0.15, 0.2) is 37.9 Å². The summed E-state index contributed by atoms with van der Waals surface area (Å²) in [7, 11) is 1.31. The van der Waals surface area contributed by atoms with E-state index in [0.717, 1.165) is 42.2 Å². The molecule has 0 N–H and O–H groups in total. The largest absolute Gasteiger partial charge is 0.486 e. The number of benzene rings is 1. The summed E-state index contributed by atoms with van der Waals surface area (Å²) in [6, 6.07) is 7.26. The molecule has 4 rings (SSSR count). The Hall–Kier alpha value is -3.02. The van der Waals surface area contributed by atoms with E-state index in [0.29, 0.717) is 22.7 Å². The van der Waals surface area contributed by atoms with E-state index in [4.69, 9.17) is 13.6 Å². The number of furan rings is 1. The van der Waals surface area contributed by atoms with Gasteiger partial charge in [0.1, 0.15) is 23.7 Å². The Kier molecular flexibility index (Phi) is 4.48. The summed E-state index contributed by atoms with van der Waals surface area (Å²) in [6.45, 7) is 1.92. The average molecular weight is 368 g/mol. The molecule has 6 nitrogen and oxygen atoms in total. The van der Waals surface area contributed by atoms with Gasteiger partial charge < -0.3 is 18.3 Å². The highest BCUT2D eigenvalue weighted by Crippen LogP contribution is 2.29. The van der Waals surface area contributed by atoms with E-state index in [-0.39, 0.29) is 18.0 Å². The number of fused-ring (bicyclic) bond motifs is 3. The molecule has 0 saturated heterocycles. The quantitative estimate of drug-likeness (QED) is 0.513. The van der Waals surface area contributed by atoms with Gasteiger partial charge in [-0.25, -0.2) is 9.59 Å². The van der Waals surface area contributed by atoms with Crippen molar-refractivity contribution < 1.29 is 23.1 Å². The van der Waals surface area contributed by atoms with Crippen LogP contribution < -0.4 is 10.4 Å². The maximum atomic E-state index is 12.2. The molecule has 1 aliphatic rings. The van der Waals surface area contributed by atoms with E-state index in [1.54, 1.807) is 19.1 Å². The number of carbonyl (C=O) groups is 1. The molecular formula is C21H20O6. The van der Waals surface area contributed by atoms with Crippen molar-refractivity contribution in [3.63, 3.8) is 0 Å². The normalized spacial score (nSPS) is 13.4. The van der Waals surface area contributed by atoms with Gasteiger partial charge in [0.15, 0.2) is 0 Å². The summed E-state index contributed by atoms with van der Waals surface area (Å²) in [5.41, 5.74) is 2.88. The predicted octanol–water partition coefficient (Wildman–Crippen LogP) is 3.94. The van der Waals surface area contributed by atoms with Crippen LogP contribution in [-0.4, -0.2) is 13.1 Å². The first-order valence-electron chi connectivity index (χ1n) is 8.96. The number of hydrogen-bond acceptors (Lipinski definition) is 6. The van der Waals surface area contributed by atoms with Crippen LogP contribution in [0.2, 0.25) is 0 Å². The van der Waals surface area contributed by atoms with Crippen molar-refractivity contribution in [1.82, 2.24) is 0 Å². The minimum absolute atomic E-state index is 0.151. The average Bonchev–Trinajstić information content (AvgIpc) is 3.06. The van der Waals surface area contributed by atoms with Crippen LogP contribution in [-0.2, 0) is 24.2 Å². The zero-order valence-corrected chi connectivity index (χ0v) is 15.3. The van der Waals surface area contributed by atoms with E-state index in [1.807, 2.05) is 12.1 Å². The summed E-state index contributed by atoms with van der Waals surface area (Å²) in [5, 5.41) is 0.971. The van der Waals surface area contributed by atoms with Crippen molar-refractivity contribution in [2.24, 2.45) is 0 Å². The maximum absolute atomic E-state index is 12.2. The highest BCUT2D eigenvalue weighted by molar-refractivity contribution is 5.87. The number of hydrogen-bond donors (Lipinski definition) is 0. The molecule has 0 spiro atoms. The molecule has 27 heavy (non-hydrogen) atoms. The van der Waals surface area contributed by atoms with E-state index in [1.165, 1.54) is 7.11 Å². The van der Waals surface area contributed by atoms with Gasteiger partial charge in [0.2, 0.25) is 5.76 Å². The monoisotopic (exact) mass is 368 g/mol. The van der Waals surface area contributed by atoms with Crippen molar-refractivity contribution in [2.75, 3.05) is 7.11 Å². The number of aryl methyl sites for hydroxylation is 2. The number of esters is 1. The van der Waals surface area contributed by atoms with Crippen LogP contribution in [0.5, 0.6) is 5.75 Å². The summed E-state index contributed by atoms with van der Waals surface area (Å²) >= 11 is 0. The van der Waals surface area contributed by atoms with Crippen LogP contribution in [0.25, 0.3) is 11.0 Å². The second kappa shape index (κ2) is 6.95. The van der Waals surface area contributed by atoms with Crippen LogP contribution in [0, 0.1) is 6.92 Å². The molecule has 0 bridgehead atoms. The van der Waals surface area contributed by atoms with Crippen molar-refractivity contribution in [1.29, 1.82) is 0 Å². The van der Waals surface area contributed by atoms with Gasteiger partial charge in [0.25, 0.3) is 0 Å². The Morgan fingerprint density at radius 1 is 1.11 bits per heavy atom. The molecule has 0 saturated carbocycles. The summed E-state index contributed by atoms with van der Waals surface area (Å²) in [6.07, 6.45) is 3.80. The van der Waals surface area contributed by atoms with Gasteiger partial charge in [-0.05, 0) is 56.4 Å². The molecule has 2 heterocycles. The Bertz CT molecular complexity index is 1070. The highest BCUT2D eigenvalue weighted by atomic mass is 16.5. The van der Waals surface area contributed by atoms with Crippen molar-refractivity contribution in [3.8, 4) is 5.75 Å². The standard InChI is InChI=1S/C21H20O6/c1-12-9-14(26-19(12)21(23)24-2)11-25-13-7-8-16-15-5-3-4-6-17(15)20(22)27-18(16)10-13/h7-10H,3-6,11H2,1-2H3. The fourth-order valence-electron chi connectivity index (χ4n) is 3.58. The van der Waals surface area contributed by atoms with E-state index in [2.05, 4.69) is 4.74 Å². The third-order valence-electron chi connectivity index (χ3n) is 4.92. The second-order valence-corrected chi connectivity index (χ2v) is 6.72. The summed E-state index contributed by atoms with van der Waals surface area (Å²) < 4.78 is 21.4. The molecule has 1 aliphatic carbocycles. The summed E-state index contributed by atoms with van der Waals surface area (Å²) in [4.78, 5) is 23.9. The lowest BCUT2D eigenvalue weighted by molar-refractivity contribution is 0.0560. The van der Waals surface area contributed by atoms with E-state index >= 15 is 0 Å². The lowest BCUT2D eigenvalue weighted by atomic mass is 9.91. The first kappa shape index (κ1) is 17.4. The lowest BCUT2D eigenvalue weighted by Gasteiger charge is -2.16. The van der Waals surface area contributed by atoms with Gasteiger partial charge in [-0.3, -0.25) is 0 Å². The van der Waals surface area contributed by atoms with Crippen molar-refractivity contribution >= 4 is 16.9 Å². The van der Waals surface area contributed by atoms with Crippen LogP contribution in [0.4, 0.5) is 0 Å². The van der Waals surface area contributed by atoms with Crippen LogP contribution in [0.1, 0.15) is 45.8 Å². The molecule has 0 aliphatic heterocycles. The molecule has 6 heteroatoms. The van der Waals surface area contributed by atoms with E-state index in [9.17, 15) is 9.59 Å². The Morgan fingerprint density at radius 3 is 2.67 bits per heavy atom. The molecule has 0 fully saturated rings. The smallest absolute Gasteiger partial charge is 0.374 e. The molecule has 0 amide bonds. The summed E-state index contributed by atoms with van der Waals surface area (Å²) in [5.74, 6) is 0.734. The number of rotatable bonds is 4. The first-order valence-corrected chi connectivity index (χ1v) is 8.96. The minimum Gasteiger partial charge on any atom is -0.486 e. The highest BCUT2D eigenvalue weighted by Gasteiger charge is 2.19. The lowest BCUT2D eigenvalue weighted by Crippen LogP contribution is -2.15. The molecule has 0 unspecified atom stereocenters. The number of carbonyl (C=O) groups excluding carboxylic acids is 1. The zero-order chi connectivity index (χ0) is 19.0. The molecule has 1 aromatic carbocycles. The van der Waals surface area contributed by atoms with Gasteiger partial charge in [-0.1, -0.05) is 0 Å². The second-order valence-electron chi connectivity index (χ2n) is 6.72. The Morgan fingerprint density at radius 2 is 1.89 bits per heavy atom. The van der Waals surface area contributed by atoms with Gasteiger partial charge in [0.05, 0.1) is 7.11 Å². The van der Waals surface area contributed by atoms with Crippen LogP contribution >= 0.6 is 0 Å². The zero-order valence-electron chi connectivity index (χ0n) is 15.3. The maximum Gasteiger partial charge on any atom is 0.374 e. The third-order valence-corrected chi connectivity index (χ3v) is 4.92. The molecule has 3 aromatic rings. The number of methoxy groups -OCH3 is 1. The first-order chi connectivity index (χ1) is 13.1. The van der Waals surface area contributed by atoms with E-state index < -0.39 is 5.97 Å². The topological polar surface area (TPSA) is 78.9 Å². The van der Waals surface area contributed by atoms with Gasteiger partial charge in [-0.15, -0.1) is 0 Å². The van der Waals surface area contributed by atoms with Crippen molar-refractivity contribution in [2.45, 2.75) is 39.2 Å². The molecule has 0 atom stereocenters. The Balaban J connectivity index is 1.58. The minimum atomic E-state index is -0.518. The van der Waals surface area contributed by atoms with Gasteiger partial charge >= 0.3 is 11.6 Å². The molecular weight excluding hydrogens is 348 g/mol.